The molecular formula is C11H12N6S. The van der Waals surface area contributed by atoms with E-state index in [1.54, 1.807) is 4.68 Å². The van der Waals surface area contributed by atoms with Gasteiger partial charge in [-0.05, 0) is 24.5 Å². The molecule has 0 aliphatic rings. The quantitative estimate of drug-likeness (QED) is 0.777. The van der Waals surface area contributed by atoms with Crippen molar-refractivity contribution in [2.45, 2.75) is 13.5 Å². The third-order valence-electron chi connectivity index (χ3n) is 2.74. The Labute approximate surface area is 108 Å². The van der Waals surface area contributed by atoms with Crippen LogP contribution in [0.5, 0.6) is 0 Å². The molecule has 7 heteroatoms. The average Bonchev–Trinajstić information content (AvgIpc) is 2.97. The highest BCUT2D eigenvalue weighted by Gasteiger charge is 2.07. The Morgan fingerprint density at radius 1 is 1.44 bits per heavy atom. The molecule has 3 aromatic heterocycles. The average molecular weight is 260 g/mol. The molecule has 3 rings (SSSR count). The van der Waals surface area contributed by atoms with Crippen LogP contribution in [0.4, 0.5) is 5.69 Å². The van der Waals surface area contributed by atoms with Crippen LogP contribution in [0.3, 0.4) is 0 Å². The van der Waals surface area contributed by atoms with Gasteiger partial charge in [0.2, 0.25) is 0 Å². The molecule has 18 heavy (non-hydrogen) atoms. The normalized spacial score (nSPS) is 11.0. The van der Waals surface area contributed by atoms with Crippen molar-refractivity contribution in [1.29, 1.82) is 0 Å². The minimum absolute atomic E-state index is 0.656. The molecular weight excluding hydrogens is 248 g/mol. The molecule has 0 aliphatic carbocycles. The largest absolute Gasteiger partial charge is 0.378 e. The van der Waals surface area contributed by atoms with Gasteiger partial charge in [0.25, 0.3) is 0 Å². The summed E-state index contributed by atoms with van der Waals surface area (Å²) in [6.07, 6.45) is 1.81. The number of fused-ring (bicyclic) bond motifs is 1. The second-order valence-corrected chi connectivity index (χ2v) is 4.66. The Morgan fingerprint density at radius 3 is 3.11 bits per heavy atom. The van der Waals surface area contributed by atoms with E-state index in [-0.39, 0.29) is 0 Å². The van der Waals surface area contributed by atoms with Gasteiger partial charge < -0.3 is 5.32 Å². The molecule has 3 heterocycles. The van der Waals surface area contributed by atoms with E-state index in [9.17, 15) is 0 Å². The second-order valence-electron chi connectivity index (χ2n) is 4.05. The smallest absolute Gasteiger partial charge is 0.157 e. The third kappa shape index (κ3) is 1.92. The van der Waals surface area contributed by atoms with Crippen molar-refractivity contribution in [2.75, 3.05) is 5.32 Å². The number of aryl methyl sites for hydroxylation is 2. The first-order valence-electron chi connectivity index (χ1n) is 5.53. The molecule has 0 saturated carbocycles. The van der Waals surface area contributed by atoms with Crippen LogP contribution in [0.15, 0.2) is 17.6 Å². The van der Waals surface area contributed by atoms with E-state index >= 15 is 0 Å². The lowest BCUT2D eigenvalue weighted by Gasteiger charge is -2.03. The molecule has 6 nitrogen and oxygen atoms in total. The molecule has 0 spiro atoms. The fourth-order valence-electron chi connectivity index (χ4n) is 1.86. The number of rotatable bonds is 3. The lowest BCUT2D eigenvalue weighted by atomic mass is 10.2. The predicted molar refractivity (Wildman–Crippen MR) is 70.5 cm³/mol. The highest BCUT2D eigenvalue weighted by Crippen LogP contribution is 2.19. The van der Waals surface area contributed by atoms with Crippen molar-refractivity contribution in [3.05, 3.63) is 29.0 Å². The lowest BCUT2D eigenvalue weighted by Crippen LogP contribution is -2.00. The molecule has 1 N–H and O–H groups in total. The fraction of sp³-hybridized carbons (Fsp3) is 0.273. The van der Waals surface area contributed by atoms with E-state index in [0.29, 0.717) is 6.54 Å². The number of hydrogen-bond acceptors (Lipinski definition) is 6. The first-order chi connectivity index (χ1) is 8.74. The highest BCUT2D eigenvalue weighted by atomic mass is 32.1. The molecule has 0 amide bonds. The van der Waals surface area contributed by atoms with Crippen molar-refractivity contribution < 1.29 is 0 Å². The number of anilines is 1. The highest BCUT2D eigenvalue weighted by molar-refractivity contribution is 7.03. The topological polar surface area (TPSA) is 68.5 Å². The van der Waals surface area contributed by atoms with Crippen LogP contribution in [0.2, 0.25) is 0 Å². The van der Waals surface area contributed by atoms with Gasteiger partial charge in [-0.15, -0.1) is 5.10 Å². The lowest BCUT2D eigenvalue weighted by molar-refractivity contribution is 0.774. The van der Waals surface area contributed by atoms with E-state index in [2.05, 4.69) is 31.1 Å². The first kappa shape index (κ1) is 11.1. The number of nitrogens with zero attached hydrogens (tertiary/aromatic N) is 5. The molecule has 92 valence electrons. The molecule has 0 aromatic carbocycles. The Morgan fingerprint density at radius 2 is 2.33 bits per heavy atom. The van der Waals surface area contributed by atoms with Crippen molar-refractivity contribution in [1.82, 2.24) is 24.4 Å². The van der Waals surface area contributed by atoms with Gasteiger partial charge in [0.15, 0.2) is 5.65 Å². The predicted octanol–water partition coefficient (Wildman–Crippen LogP) is 1.74. The van der Waals surface area contributed by atoms with Gasteiger partial charge in [0, 0.05) is 17.8 Å². The van der Waals surface area contributed by atoms with Gasteiger partial charge in [0.1, 0.15) is 0 Å². The second kappa shape index (κ2) is 4.34. The summed E-state index contributed by atoms with van der Waals surface area (Å²) in [6.45, 7) is 2.64. The molecule has 0 radical (unpaired) electrons. The molecule has 0 fully saturated rings. The van der Waals surface area contributed by atoms with Gasteiger partial charge in [0.05, 0.1) is 29.8 Å². The Bertz CT molecular complexity index is 672. The van der Waals surface area contributed by atoms with E-state index < -0.39 is 0 Å². The fourth-order valence-corrected chi connectivity index (χ4v) is 2.31. The zero-order valence-electron chi connectivity index (χ0n) is 10.1. The summed E-state index contributed by atoms with van der Waals surface area (Å²) in [4.78, 5) is 4.41. The van der Waals surface area contributed by atoms with E-state index in [0.717, 1.165) is 28.1 Å². The summed E-state index contributed by atoms with van der Waals surface area (Å²) in [5.41, 5.74) is 3.78. The summed E-state index contributed by atoms with van der Waals surface area (Å²) in [5.74, 6) is 0. The van der Waals surface area contributed by atoms with Crippen LogP contribution >= 0.6 is 11.5 Å². The number of hydrogen-bond donors (Lipinski definition) is 1. The Hall–Kier alpha value is -2.02. The zero-order valence-corrected chi connectivity index (χ0v) is 10.9. The SMILES string of the molecule is Cc1nn(C)c2ncc(NCc3csnn3)cc12. The summed E-state index contributed by atoms with van der Waals surface area (Å²) < 4.78 is 5.62. The van der Waals surface area contributed by atoms with Crippen molar-refractivity contribution in [3.63, 3.8) is 0 Å². The van der Waals surface area contributed by atoms with Crippen molar-refractivity contribution in [2.24, 2.45) is 7.05 Å². The monoisotopic (exact) mass is 260 g/mol. The maximum Gasteiger partial charge on any atom is 0.157 e. The van der Waals surface area contributed by atoms with Crippen LogP contribution in [0.25, 0.3) is 11.0 Å². The summed E-state index contributed by atoms with van der Waals surface area (Å²) in [5, 5.41) is 14.6. The van der Waals surface area contributed by atoms with Crippen molar-refractivity contribution in [3.8, 4) is 0 Å². The zero-order chi connectivity index (χ0) is 12.5. The van der Waals surface area contributed by atoms with Gasteiger partial charge in [-0.25, -0.2) is 4.98 Å². The van der Waals surface area contributed by atoms with Gasteiger partial charge in [-0.3, -0.25) is 4.68 Å². The summed E-state index contributed by atoms with van der Waals surface area (Å²) in [7, 11) is 1.90. The Kier molecular flexibility index (Phi) is 2.67. The number of nitrogens with one attached hydrogen (secondary N) is 1. The van der Waals surface area contributed by atoms with E-state index in [4.69, 9.17) is 0 Å². The number of pyridine rings is 1. The minimum atomic E-state index is 0.656. The Balaban J connectivity index is 1.87. The van der Waals surface area contributed by atoms with Crippen LogP contribution in [-0.2, 0) is 13.6 Å². The van der Waals surface area contributed by atoms with Gasteiger partial charge in [-0.1, -0.05) is 4.49 Å². The van der Waals surface area contributed by atoms with E-state index in [1.807, 2.05) is 25.5 Å². The van der Waals surface area contributed by atoms with Crippen LogP contribution in [-0.4, -0.2) is 24.4 Å². The van der Waals surface area contributed by atoms with Crippen LogP contribution < -0.4 is 5.32 Å². The molecule has 0 aliphatic heterocycles. The molecule has 0 atom stereocenters. The van der Waals surface area contributed by atoms with Crippen LogP contribution in [0, 0.1) is 6.92 Å². The first-order valence-corrected chi connectivity index (χ1v) is 6.37. The van der Waals surface area contributed by atoms with Crippen molar-refractivity contribution >= 4 is 28.3 Å². The molecule has 0 unspecified atom stereocenters. The molecule has 0 bridgehead atoms. The van der Waals surface area contributed by atoms with E-state index in [1.165, 1.54) is 11.5 Å². The van der Waals surface area contributed by atoms with Crippen LogP contribution in [0.1, 0.15) is 11.4 Å². The molecule has 0 saturated heterocycles. The standard InChI is InChI=1S/C11H12N6S/c1-7-10-3-8(4-13-11(10)17(2)15-7)12-5-9-6-18-16-14-9/h3-4,6,12H,5H2,1-2H3. The minimum Gasteiger partial charge on any atom is -0.378 e. The van der Waals surface area contributed by atoms with Gasteiger partial charge in [-0.2, -0.15) is 5.10 Å². The summed E-state index contributed by atoms with van der Waals surface area (Å²) in [6, 6.07) is 2.06. The maximum atomic E-state index is 4.41. The summed E-state index contributed by atoms with van der Waals surface area (Å²) >= 11 is 1.35. The van der Waals surface area contributed by atoms with Gasteiger partial charge >= 0.3 is 0 Å². The number of aromatic nitrogens is 5. The maximum absolute atomic E-state index is 4.41. The third-order valence-corrected chi connectivity index (χ3v) is 3.30. The molecule has 3 aromatic rings.